The van der Waals surface area contributed by atoms with Crippen molar-refractivity contribution in [1.29, 1.82) is 0 Å². The maximum absolute atomic E-state index is 9.03. The molecular formula is C14H23NO2. The van der Waals surface area contributed by atoms with Crippen molar-refractivity contribution in [2.45, 2.75) is 33.2 Å². The van der Waals surface area contributed by atoms with Gasteiger partial charge in [0.05, 0.1) is 6.61 Å². The molecule has 96 valence electrons. The van der Waals surface area contributed by atoms with Gasteiger partial charge >= 0.3 is 0 Å². The number of aryl methyl sites for hydroxylation is 2. The van der Waals surface area contributed by atoms with Crippen LogP contribution in [-0.4, -0.2) is 30.9 Å². The number of rotatable bonds is 7. The van der Waals surface area contributed by atoms with Crippen molar-refractivity contribution in [1.82, 2.24) is 5.32 Å². The van der Waals surface area contributed by atoms with E-state index in [9.17, 15) is 0 Å². The molecule has 0 aliphatic carbocycles. The predicted octanol–water partition coefficient (Wildman–Crippen LogP) is 2.04. The highest BCUT2D eigenvalue weighted by Gasteiger charge is 2.04. The van der Waals surface area contributed by atoms with Crippen LogP contribution in [-0.2, 0) is 0 Å². The molecule has 1 aromatic rings. The highest BCUT2D eigenvalue weighted by molar-refractivity contribution is 5.39. The minimum absolute atomic E-state index is 0.177. The van der Waals surface area contributed by atoms with E-state index < -0.39 is 0 Å². The average molecular weight is 237 g/mol. The Morgan fingerprint density at radius 3 is 2.47 bits per heavy atom. The molecule has 0 aromatic heterocycles. The molecule has 0 saturated heterocycles. The smallest absolute Gasteiger partial charge is 0.125 e. The fourth-order valence-corrected chi connectivity index (χ4v) is 1.78. The Labute approximate surface area is 104 Å². The van der Waals surface area contributed by atoms with Gasteiger partial charge in [-0.05, 0) is 31.4 Å². The van der Waals surface area contributed by atoms with E-state index in [-0.39, 0.29) is 12.6 Å². The van der Waals surface area contributed by atoms with Crippen LogP contribution in [0, 0.1) is 13.8 Å². The maximum atomic E-state index is 9.03. The predicted molar refractivity (Wildman–Crippen MR) is 70.6 cm³/mol. The van der Waals surface area contributed by atoms with Crippen molar-refractivity contribution in [2.75, 3.05) is 19.8 Å². The molecule has 0 bridgehead atoms. The fourth-order valence-electron chi connectivity index (χ4n) is 1.78. The summed E-state index contributed by atoms with van der Waals surface area (Å²) >= 11 is 0. The second kappa shape index (κ2) is 7.30. The molecule has 0 spiro atoms. The van der Waals surface area contributed by atoms with E-state index in [1.165, 1.54) is 11.1 Å². The fraction of sp³-hybridized carbons (Fsp3) is 0.571. The molecule has 0 fully saturated rings. The summed E-state index contributed by atoms with van der Waals surface area (Å²) in [5.41, 5.74) is 2.33. The van der Waals surface area contributed by atoms with Crippen LogP contribution in [0.4, 0.5) is 0 Å². The summed E-state index contributed by atoms with van der Waals surface area (Å²) in [6.07, 6.45) is 0.930. The average Bonchev–Trinajstić information content (AvgIpc) is 2.32. The standard InChI is InChI=1S/C14H23NO2/c1-4-13(10-16)15-8-9-17-14-11(2)6-5-7-12(14)3/h5-7,13,15-16H,4,8-10H2,1-3H3/t13-/m1/s1. The molecule has 1 atom stereocenters. The van der Waals surface area contributed by atoms with E-state index >= 15 is 0 Å². The minimum atomic E-state index is 0.177. The Morgan fingerprint density at radius 2 is 1.94 bits per heavy atom. The normalized spacial score (nSPS) is 12.5. The summed E-state index contributed by atoms with van der Waals surface area (Å²) in [6.45, 7) is 7.73. The number of ether oxygens (including phenoxy) is 1. The van der Waals surface area contributed by atoms with E-state index in [4.69, 9.17) is 9.84 Å². The summed E-state index contributed by atoms with van der Waals surface area (Å²) in [7, 11) is 0. The lowest BCUT2D eigenvalue weighted by molar-refractivity contribution is 0.227. The maximum Gasteiger partial charge on any atom is 0.125 e. The van der Waals surface area contributed by atoms with Gasteiger partial charge in [-0.15, -0.1) is 0 Å². The lowest BCUT2D eigenvalue weighted by atomic mass is 10.1. The zero-order chi connectivity index (χ0) is 12.7. The van der Waals surface area contributed by atoms with Crippen LogP contribution in [0.15, 0.2) is 18.2 Å². The van der Waals surface area contributed by atoms with Crippen LogP contribution in [0.1, 0.15) is 24.5 Å². The third-order valence-electron chi connectivity index (χ3n) is 2.90. The van der Waals surface area contributed by atoms with Crippen LogP contribution in [0.5, 0.6) is 5.75 Å². The van der Waals surface area contributed by atoms with Gasteiger partial charge in [0.2, 0.25) is 0 Å². The van der Waals surface area contributed by atoms with Gasteiger partial charge in [-0.25, -0.2) is 0 Å². The first-order valence-electron chi connectivity index (χ1n) is 6.22. The second-order valence-electron chi connectivity index (χ2n) is 4.31. The third-order valence-corrected chi connectivity index (χ3v) is 2.90. The lowest BCUT2D eigenvalue weighted by Crippen LogP contribution is -2.34. The van der Waals surface area contributed by atoms with Gasteiger partial charge in [-0.1, -0.05) is 25.1 Å². The number of para-hydroxylation sites is 1. The molecule has 0 amide bonds. The molecule has 1 rings (SSSR count). The van der Waals surface area contributed by atoms with Crippen molar-refractivity contribution in [3.63, 3.8) is 0 Å². The first kappa shape index (κ1) is 14.0. The number of aliphatic hydroxyl groups is 1. The van der Waals surface area contributed by atoms with Gasteiger partial charge in [0.1, 0.15) is 12.4 Å². The van der Waals surface area contributed by atoms with Crippen molar-refractivity contribution < 1.29 is 9.84 Å². The Balaban J connectivity index is 2.36. The van der Waals surface area contributed by atoms with E-state index in [1.807, 2.05) is 6.07 Å². The third kappa shape index (κ3) is 4.36. The van der Waals surface area contributed by atoms with Gasteiger partial charge in [0, 0.05) is 12.6 Å². The van der Waals surface area contributed by atoms with Crippen molar-refractivity contribution >= 4 is 0 Å². The summed E-state index contributed by atoms with van der Waals surface area (Å²) in [5.74, 6) is 0.978. The van der Waals surface area contributed by atoms with E-state index in [0.717, 1.165) is 18.7 Å². The van der Waals surface area contributed by atoms with E-state index in [1.54, 1.807) is 0 Å². The highest BCUT2D eigenvalue weighted by Crippen LogP contribution is 2.21. The zero-order valence-electron chi connectivity index (χ0n) is 11.0. The number of hydrogen-bond donors (Lipinski definition) is 2. The number of aliphatic hydroxyl groups excluding tert-OH is 1. The summed E-state index contributed by atoms with van der Waals surface area (Å²) in [4.78, 5) is 0. The molecule has 0 radical (unpaired) electrons. The Morgan fingerprint density at radius 1 is 1.29 bits per heavy atom. The number of benzene rings is 1. The molecule has 0 saturated carbocycles. The van der Waals surface area contributed by atoms with Gasteiger partial charge < -0.3 is 15.2 Å². The molecule has 0 aliphatic rings. The molecule has 3 nitrogen and oxygen atoms in total. The number of hydrogen-bond acceptors (Lipinski definition) is 3. The van der Waals surface area contributed by atoms with Crippen molar-refractivity contribution in [3.05, 3.63) is 29.3 Å². The van der Waals surface area contributed by atoms with Crippen LogP contribution in [0.25, 0.3) is 0 Å². The molecule has 1 aromatic carbocycles. The molecule has 3 heteroatoms. The molecule has 0 unspecified atom stereocenters. The van der Waals surface area contributed by atoms with Crippen LogP contribution in [0.3, 0.4) is 0 Å². The largest absolute Gasteiger partial charge is 0.492 e. The quantitative estimate of drug-likeness (QED) is 0.713. The lowest BCUT2D eigenvalue weighted by Gasteiger charge is -2.16. The Hall–Kier alpha value is -1.06. The minimum Gasteiger partial charge on any atom is -0.492 e. The monoisotopic (exact) mass is 237 g/mol. The second-order valence-corrected chi connectivity index (χ2v) is 4.31. The van der Waals surface area contributed by atoms with Crippen LogP contribution in [0.2, 0.25) is 0 Å². The summed E-state index contributed by atoms with van der Waals surface area (Å²) < 4.78 is 5.76. The van der Waals surface area contributed by atoms with E-state index in [2.05, 4.69) is 38.2 Å². The first-order chi connectivity index (χ1) is 8.19. The molecule has 2 N–H and O–H groups in total. The van der Waals surface area contributed by atoms with Crippen molar-refractivity contribution in [2.24, 2.45) is 0 Å². The van der Waals surface area contributed by atoms with Gasteiger partial charge in [0.15, 0.2) is 0 Å². The summed E-state index contributed by atoms with van der Waals surface area (Å²) in [5, 5.41) is 12.3. The zero-order valence-corrected chi connectivity index (χ0v) is 11.0. The van der Waals surface area contributed by atoms with E-state index in [0.29, 0.717) is 6.61 Å². The van der Waals surface area contributed by atoms with Crippen LogP contribution < -0.4 is 10.1 Å². The molecule has 0 aliphatic heterocycles. The SMILES string of the molecule is CC[C@H](CO)NCCOc1c(C)cccc1C. The number of nitrogens with one attached hydrogen (secondary N) is 1. The molecule has 0 heterocycles. The Bertz CT molecular complexity index is 315. The molecular weight excluding hydrogens is 214 g/mol. The topological polar surface area (TPSA) is 41.5 Å². The summed E-state index contributed by atoms with van der Waals surface area (Å²) in [6, 6.07) is 6.32. The first-order valence-corrected chi connectivity index (χ1v) is 6.22. The van der Waals surface area contributed by atoms with Gasteiger partial charge in [0.25, 0.3) is 0 Å². The molecule has 17 heavy (non-hydrogen) atoms. The highest BCUT2D eigenvalue weighted by atomic mass is 16.5. The Kier molecular flexibility index (Phi) is 6.01. The van der Waals surface area contributed by atoms with Crippen LogP contribution >= 0.6 is 0 Å². The van der Waals surface area contributed by atoms with Gasteiger partial charge in [-0.3, -0.25) is 0 Å². The van der Waals surface area contributed by atoms with Crippen molar-refractivity contribution in [3.8, 4) is 5.75 Å². The van der Waals surface area contributed by atoms with Gasteiger partial charge in [-0.2, -0.15) is 0 Å².